The molecule has 2 rings (SSSR count). The number of piperidine rings is 1. The van der Waals surface area contributed by atoms with Crippen molar-refractivity contribution in [2.24, 2.45) is 23.7 Å². The van der Waals surface area contributed by atoms with E-state index in [2.05, 4.69) is 51.8 Å². The van der Waals surface area contributed by atoms with Gasteiger partial charge in [0.25, 0.3) is 0 Å². The van der Waals surface area contributed by atoms with Gasteiger partial charge in [0.2, 0.25) is 0 Å². The molecule has 1 saturated carbocycles. The topological polar surface area (TPSA) is 15.3 Å². The lowest BCUT2D eigenvalue weighted by Gasteiger charge is -2.37. The highest BCUT2D eigenvalue weighted by Gasteiger charge is 2.26. The molecule has 2 atom stereocenters. The molecule has 0 aromatic heterocycles. The Morgan fingerprint density at radius 2 is 1.36 bits per heavy atom. The van der Waals surface area contributed by atoms with Crippen LogP contribution in [0.5, 0.6) is 0 Å². The van der Waals surface area contributed by atoms with Crippen LogP contribution in [0.15, 0.2) is 0 Å². The predicted octanol–water partition coefficient (Wildman–Crippen LogP) is 5.72. The van der Waals surface area contributed by atoms with Gasteiger partial charge in [0.05, 0.1) is 0 Å². The van der Waals surface area contributed by atoms with Crippen molar-refractivity contribution >= 4 is 0 Å². The van der Waals surface area contributed by atoms with Crippen LogP contribution in [-0.4, -0.2) is 36.1 Å². The fourth-order valence-corrected chi connectivity index (χ4v) is 5.19. The van der Waals surface area contributed by atoms with Crippen molar-refractivity contribution in [1.82, 2.24) is 10.2 Å². The molecule has 25 heavy (non-hydrogen) atoms. The molecule has 0 bridgehead atoms. The molecule has 1 heterocycles. The molecule has 2 heteroatoms. The van der Waals surface area contributed by atoms with Crippen molar-refractivity contribution in [2.75, 3.05) is 13.1 Å². The quantitative estimate of drug-likeness (QED) is 0.602. The minimum absolute atomic E-state index is 0.693. The Morgan fingerprint density at radius 3 is 1.88 bits per heavy atom. The van der Waals surface area contributed by atoms with Gasteiger partial charge >= 0.3 is 0 Å². The zero-order chi connectivity index (χ0) is 18.4. The highest BCUT2D eigenvalue weighted by Crippen LogP contribution is 2.31. The normalized spacial score (nSPS) is 29.3. The van der Waals surface area contributed by atoms with E-state index in [1.54, 1.807) is 0 Å². The summed E-state index contributed by atoms with van der Waals surface area (Å²) in [4.78, 5) is 2.65. The summed E-state index contributed by atoms with van der Waals surface area (Å²) >= 11 is 0. The first kappa shape index (κ1) is 21.2. The minimum atomic E-state index is 0.693. The van der Waals surface area contributed by atoms with E-state index in [0.29, 0.717) is 6.04 Å². The molecule has 1 aliphatic heterocycles. The molecule has 0 spiro atoms. The van der Waals surface area contributed by atoms with Gasteiger partial charge in [-0.25, -0.2) is 0 Å². The monoisotopic (exact) mass is 350 g/mol. The Balaban J connectivity index is 1.61. The maximum absolute atomic E-state index is 3.95. The van der Waals surface area contributed by atoms with Crippen LogP contribution in [0.1, 0.15) is 92.9 Å². The van der Waals surface area contributed by atoms with E-state index in [4.69, 9.17) is 0 Å². The van der Waals surface area contributed by atoms with Crippen LogP contribution in [0.4, 0.5) is 0 Å². The molecule has 0 radical (unpaired) electrons. The molecular weight excluding hydrogens is 304 g/mol. The zero-order valence-corrected chi connectivity index (χ0v) is 18.1. The molecule has 2 fully saturated rings. The molecular formula is C23H46N2. The number of nitrogens with one attached hydrogen (secondary N) is 1. The van der Waals surface area contributed by atoms with Crippen molar-refractivity contribution in [3.05, 3.63) is 0 Å². The maximum atomic E-state index is 3.95. The van der Waals surface area contributed by atoms with Gasteiger partial charge < -0.3 is 10.2 Å². The zero-order valence-electron chi connectivity index (χ0n) is 18.1. The van der Waals surface area contributed by atoms with Crippen LogP contribution in [0, 0.1) is 23.7 Å². The van der Waals surface area contributed by atoms with E-state index in [1.807, 2.05) is 0 Å². The highest BCUT2D eigenvalue weighted by atomic mass is 15.1. The molecule has 2 nitrogen and oxygen atoms in total. The first-order valence-corrected chi connectivity index (χ1v) is 11.4. The lowest BCUT2D eigenvalue weighted by molar-refractivity contribution is 0.120. The van der Waals surface area contributed by atoms with E-state index in [0.717, 1.165) is 35.8 Å². The van der Waals surface area contributed by atoms with Crippen molar-refractivity contribution in [3.8, 4) is 0 Å². The summed E-state index contributed by atoms with van der Waals surface area (Å²) in [5.41, 5.74) is 0. The van der Waals surface area contributed by atoms with E-state index in [9.17, 15) is 0 Å². The summed E-state index contributed by atoms with van der Waals surface area (Å²) in [6.07, 6.45) is 11.3. The van der Waals surface area contributed by atoms with Crippen LogP contribution in [0.3, 0.4) is 0 Å². The smallest absolute Gasteiger partial charge is 0.00697 e. The number of rotatable bonds is 8. The van der Waals surface area contributed by atoms with E-state index >= 15 is 0 Å². The maximum Gasteiger partial charge on any atom is 0.00697 e. The van der Waals surface area contributed by atoms with Gasteiger partial charge in [0.1, 0.15) is 0 Å². The summed E-state index contributed by atoms with van der Waals surface area (Å²) in [7, 11) is 0. The van der Waals surface area contributed by atoms with Crippen LogP contribution in [0.2, 0.25) is 0 Å². The Kier molecular flexibility index (Phi) is 8.75. The number of hydrogen-bond acceptors (Lipinski definition) is 2. The Labute approximate surface area is 158 Å². The molecule has 1 N–H and O–H groups in total. The summed E-state index contributed by atoms with van der Waals surface area (Å²) in [5.74, 6) is 3.71. The van der Waals surface area contributed by atoms with Gasteiger partial charge in [0, 0.05) is 18.1 Å². The van der Waals surface area contributed by atoms with Gasteiger partial charge in [-0.2, -0.15) is 0 Å². The molecule has 0 aromatic rings. The predicted molar refractivity (Wildman–Crippen MR) is 111 cm³/mol. The average molecular weight is 351 g/mol. The second-order valence-corrected chi connectivity index (χ2v) is 9.95. The van der Waals surface area contributed by atoms with Crippen LogP contribution in [0.25, 0.3) is 0 Å². The summed E-state index contributed by atoms with van der Waals surface area (Å²) < 4.78 is 0. The van der Waals surface area contributed by atoms with Crippen LogP contribution < -0.4 is 5.32 Å². The van der Waals surface area contributed by atoms with Crippen LogP contribution >= 0.6 is 0 Å². The van der Waals surface area contributed by atoms with E-state index in [-0.39, 0.29) is 0 Å². The molecule has 148 valence electrons. The fourth-order valence-electron chi connectivity index (χ4n) is 5.19. The van der Waals surface area contributed by atoms with Crippen molar-refractivity contribution in [1.29, 1.82) is 0 Å². The van der Waals surface area contributed by atoms with Gasteiger partial charge in [-0.3, -0.25) is 0 Å². The number of hydrogen-bond donors (Lipinski definition) is 1. The number of nitrogens with zero attached hydrogens (tertiary/aromatic N) is 1. The first-order chi connectivity index (χ1) is 11.9. The Bertz CT molecular complexity index is 349. The van der Waals surface area contributed by atoms with E-state index < -0.39 is 0 Å². The lowest BCUT2D eigenvalue weighted by atomic mass is 9.79. The summed E-state index contributed by atoms with van der Waals surface area (Å²) in [6.45, 7) is 17.0. The summed E-state index contributed by atoms with van der Waals surface area (Å²) in [6, 6.07) is 2.21. The largest absolute Gasteiger partial charge is 0.312 e. The van der Waals surface area contributed by atoms with Gasteiger partial charge in [0.15, 0.2) is 0 Å². The average Bonchev–Trinajstić information content (AvgIpc) is 2.60. The Hall–Kier alpha value is -0.0800. The van der Waals surface area contributed by atoms with Gasteiger partial charge in [-0.05, 0) is 109 Å². The lowest BCUT2D eigenvalue weighted by Crippen LogP contribution is -2.41. The molecule has 0 amide bonds. The molecule has 1 aliphatic carbocycles. The van der Waals surface area contributed by atoms with Crippen molar-refractivity contribution < 1.29 is 0 Å². The van der Waals surface area contributed by atoms with Crippen molar-refractivity contribution in [2.45, 2.75) is 111 Å². The highest BCUT2D eigenvalue weighted by molar-refractivity contribution is 4.82. The molecule has 2 aliphatic rings. The third kappa shape index (κ3) is 6.86. The number of likely N-dealkylation sites (tertiary alicyclic amines) is 1. The van der Waals surface area contributed by atoms with Crippen LogP contribution in [-0.2, 0) is 0 Å². The Morgan fingerprint density at radius 1 is 0.760 bits per heavy atom. The molecule has 2 unspecified atom stereocenters. The van der Waals surface area contributed by atoms with Gasteiger partial charge in [-0.1, -0.05) is 20.8 Å². The van der Waals surface area contributed by atoms with Gasteiger partial charge in [-0.15, -0.1) is 0 Å². The van der Waals surface area contributed by atoms with Crippen molar-refractivity contribution in [3.63, 3.8) is 0 Å². The fraction of sp³-hybridized carbons (Fsp3) is 1.00. The molecule has 0 aromatic carbocycles. The third-order valence-corrected chi connectivity index (χ3v) is 7.40. The minimum Gasteiger partial charge on any atom is -0.312 e. The third-order valence-electron chi connectivity index (χ3n) is 7.40. The SMILES string of the molecule is CC(CCC(C)C1CCN(C(C)C)CC1)N[C@H]1CC[C@@H](C(C)C)CC1. The second-order valence-electron chi connectivity index (χ2n) is 9.95. The second kappa shape index (κ2) is 10.3. The van der Waals surface area contributed by atoms with E-state index in [1.165, 1.54) is 64.5 Å². The summed E-state index contributed by atoms with van der Waals surface area (Å²) in [5, 5.41) is 3.95. The first-order valence-electron chi connectivity index (χ1n) is 11.4. The standard InChI is InChI=1S/C23H46N2/c1-17(2)21-9-11-23(12-10-21)24-20(6)8-7-19(5)22-13-15-25(16-14-22)18(3)4/h17-24H,7-16H2,1-6H3/t19?,20?,21-,23+. The molecule has 1 saturated heterocycles.